The molecule has 0 fully saturated rings. The molecule has 1 N–H and O–H groups in total. The van der Waals surface area contributed by atoms with Crippen LogP contribution in [0.4, 0.5) is 4.39 Å². The summed E-state index contributed by atoms with van der Waals surface area (Å²) in [4.78, 5) is 3.15. The van der Waals surface area contributed by atoms with E-state index in [1.807, 2.05) is 16.3 Å². The Hall–Kier alpha value is -1.20. The van der Waals surface area contributed by atoms with E-state index in [0.717, 1.165) is 10.0 Å². The van der Waals surface area contributed by atoms with Crippen LogP contribution in [-0.4, -0.2) is 10.7 Å². The predicted molar refractivity (Wildman–Crippen MR) is 74.5 cm³/mol. The van der Waals surface area contributed by atoms with Crippen molar-refractivity contribution in [1.82, 2.24) is 4.90 Å². The minimum Gasteiger partial charge on any atom is -0.347 e. The molecule has 92 valence electrons. The first-order valence-corrected chi connectivity index (χ1v) is 7.16. The average molecular weight is 325 g/mol. The average Bonchev–Trinajstić information content (AvgIpc) is 2.87. The lowest BCUT2D eigenvalue weighted by Gasteiger charge is -2.17. The molecule has 3 rings (SSSR count). The molecule has 1 aliphatic heterocycles. The molecule has 18 heavy (non-hydrogen) atoms. The van der Waals surface area contributed by atoms with Crippen LogP contribution >= 0.6 is 27.3 Å². The topological polar surface area (TPSA) is 27.1 Å². The Morgan fingerprint density at radius 1 is 1.39 bits per heavy atom. The van der Waals surface area contributed by atoms with Crippen LogP contribution in [0.25, 0.3) is 0 Å². The maximum Gasteiger partial charge on any atom is 0.129 e. The van der Waals surface area contributed by atoms with Gasteiger partial charge in [0.25, 0.3) is 0 Å². The van der Waals surface area contributed by atoms with Crippen molar-refractivity contribution in [2.24, 2.45) is 0 Å². The Balaban J connectivity index is 1.87. The van der Waals surface area contributed by atoms with Crippen molar-refractivity contribution in [3.8, 4) is 0 Å². The number of nitrogens with one attached hydrogen (secondary N) is 1. The lowest BCUT2D eigenvalue weighted by Crippen LogP contribution is -2.22. The molecular formula is C13H10BrFN2S. The summed E-state index contributed by atoms with van der Waals surface area (Å²) < 4.78 is 14.3. The van der Waals surface area contributed by atoms with E-state index in [9.17, 15) is 4.39 Å². The van der Waals surface area contributed by atoms with E-state index in [1.165, 1.54) is 17.0 Å². The molecule has 2 nitrogen and oxygen atoms in total. The van der Waals surface area contributed by atoms with Crippen molar-refractivity contribution in [3.05, 3.63) is 55.9 Å². The maximum atomic E-state index is 13.2. The van der Waals surface area contributed by atoms with Crippen molar-refractivity contribution in [1.29, 1.82) is 5.41 Å². The van der Waals surface area contributed by atoms with Gasteiger partial charge in [-0.1, -0.05) is 6.07 Å². The van der Waals surface area contributed by atoms with Gasteiger partial charge in [0.1, 0.15) is 11.7 Å². The highest BCUT2D eigenvalue weighted by atomic mass is 79.9. The lowest BCUT2D eigenvalue weighted by atomic mass is 10.1. The third kappa shape index (κ3) is 1.97. The molecule has 2 aromatic rings. The standard InChI is InChI=1S/C13H10BrFN2S/c14-11-3-4-18-12(11)7-17-6-8-1-2-9(15)5-10(8)13(17)16/h1-5,16H,6-7H2. The van der Waals surface area contributed by atoms with Gasteiger partial charge in [-0.3, -0.25) is 5.41 Å². The number of hydrogen-bond donors (Lipinski definition) is 1. The number of thiophene rings is 1. The molecule has 1 aromatic heterocycles. The Bertz CT molecular complexity index is 623. The van der Waals surface area contributed by atoms with Crippen LogP contribution in [0, 0.1) is 11.2 Å². The second-order valence-corrected chi connectivity index (χ2v) is 6.05. The van der Waals surface area contributed by atoms with E-state index in [-0.39, 0.29) is 5.82 Å². The zero-order valence-corrected chi connectivity index (χ0v) is 11.8. The van der Waals surface area contributed by atoms with Gasteiger partial charge in [-0.25, -0.2) is 4.39 Å². The summed E-state index contributed by atoms with van der Waals surface area (Å²) in [6.45, 7) is 1.37. The van der Waals surface area contributed by atoms with Gasteiger partial charge in [0.05, 0.1) is 6.54 Å². The van der Waals surface area contributed by atoms with Crippen molar-refractivity contribution in [2.45, 2.75) is 13.1 Å². The summed E-state index contributed by atoms with van der Waals surface area (Å²) in [5.41, 5.74) is 1.73. The lowest BCUT2D eigenvalue weighted by molar-refractivity contribution is 0.425. The van der Waals surface area contributed by atoms with E-state index in [2.05, 4.69) is 15.9 Å². The second-order valence-electron chi connectivity index (χ2n) is 4.20. The molecule has 0 spiro atoms. The van der Waals surface area contributed by atoms with Crippen molar-refractivity contribution >= 4 is 33.1 Å². The Kier molecular flexibility index (Phi) is 2.95. The van der Waals surface area contributed by atoms with E-state index in [0.29, 0.717) is 24.5 Å². The largest absolute Gasteiger partial charge is 0.347 e. The summed E-state index contributed by atoms with van der Waals surface area (Å²) in [6, 6.07) is 6.67. The van der Waals surface area contributed by atoms with E-state index >= 15 is 0 Å². The number of hydrogen-bond acceptors (Lipinski definition) is 2. The maximum absolute atomic E-state index is 13.2. The number of nitrogens with zero attached hydrogens (tertiary/aromatic N) is 1. The molecule has 0 saturated heterocycles. The quantitative estimate of drug-likeness (QED) is 0.888. The minimum absolute atomic E-state index is 0.280. The fraction of sp³-hybridized carbons (Fsp3) is 0.154. The first-order chi connectivity index (χ1) is 8.65. The summed E-state index contributed by atoms with van der Waals surface area (Å²) in [5, 5.41) is 10.1. The van der Waals surface area contributed by atoms with E-state index < -0.39 is 0 Å². The van der Waals surface area contributed by atoms with Gasteiger partial charge in [0, 0.05) is 21.5 Å². The molecule has 0 atom stereocenters. The van der Waals surface area contributed by atoms with Crippen LogP contribution in [-0.2, 0) is 13.1 Å². The minimum atomic E-state index is -0.280. The Labute approximate surface area is 117 Å². The van der Waals surface area contributed by atoms with Crippen LogP contribution in [0.15, 0.2) is 34.1 Å². The van der Waals surface area contributed by atoms with Gasteiger partial charge in [-0.2, -0.15) is 0 Å². The van der Waals surface area contributed by atoms with Crippen LogP contribution in [0.3, 0.4) is 0 Å². The number of rotatable bonds is 2. The number of benzene rings is 1. The predicted octanol–water partition coefficient (Wildman–Crippen LogP) is 3.99. The second kappa shape index (κ2) is 4.48. The highest BCUT2D eigenvalue weighted by Gasteiger charge is 2.25. The number of amidine groups is 1. The van der Waals surface area contributed by atoms with Gasteiger partial charge in [-0.05, 0) is 45.1 Å². The Morgan fingerprint density at radius 2 is 2.22 bits per heavy atom. The van der Waals surface area contributed by atoms with Crippen LogP contribution in [0.2, 0.25) is 0 Å². The third-order valence-electron chi connectivity index (χ3n) is 3.03. The molecule has 0 saturated carbocycles. The number of fused-ring (bicyclic) bond motifs is 1. The molecular weight excluding hydrogens is 315 g/mol. The Morgan fingerprint density at radius 3 is 2.94 bits per heavy atom. The van der Waals surface area contributed by atoms with Crippen molar-refractivity contribution in [3.63, 3.8) is 0 Å². The molecule has 0 unspecified atom stereocenters. The normalized spacial score (nSPS) is 14.1. The number of halogens is 2. The van der Waals surface area contributed by atoms with Crippen molar-refractivity contribution < 1.29 is 4.39 Å². The van der Waals surface area contributed by atoms with Crippen LogP contribution < -0.4 is 0 Å². The smallest absolute Gasteiger partial charge is 0.129 e. The van der Waals surface area contributed by atoms with Gasteiger partial charge >= 0.3 is 0 Å². The van der Waals surface area contributed by atoms with Crippen LogP contribution in [0.1, 0.15) is 16.0 Å². The SMILES string of the molecule is N=C1c2cc(F)ccc2CN1Cc1sccc1Br. The first kappa shape index (κ1) is 11.9. The zero-order valence-electron chi connectivity index (χ0n) is 9.41. The first-order valence-electron chi connectivity index (χ1n) is 5.49. The molecule has 0 amide bonds. The molecule has 0 aliphatic carbocycles. The monoisotopic (exact) mass is 324 g/mol. The molecule has 1 aromatic carbocycles. The van der Waals surface area contributed by atoms with Gasteiger partial charge < -0.3 is 4.90 Å². The zero-order chi connectivity index (χ0) is 12.7. The molecule has 1 aliphatic rings. The van der Waals surface area contributed by atoms with E-state index in [1.54, 1.807) is 17.4 Å². The molecule has 0 radical (unpaired) electrons. The fourth-order valence-corrected chi connectivity index (χ4v) is 3.60. The van der Waals surface area contributed by atoms with E-state index in [4.69, 9.17) is 5.41 Å². The van der Waals surface area contributed by atoms with Gasteiger partial charge in [-0.15, -0.1) is 11.3 Å². The van der Waals surface area contributed by atoms with Crippen LogP contribution in [0.5, 0.6) is 0 Å². The van der Waals surface area contributed by atoms with Gasteiger partial charge in [0.2, 0.25) is 0 Å². The summed E-state index contributed by atoms with van der Waals surface area (Å²) in [5.74, 6) is 0.127. The summed E-state index contributed by atoms with van der Waals surface area (Å²) in [7, 11) is 0. The molecule has 0 bridgehead atoms. The summed E-state index contributed by atoms with van der Waals surface area (Å²) in [6.07, 6.45) is 0. The molecule has 5 heteroatoms. The highest BCUT2D eigenvalue weighted by molar-refractivity contribution is 9.10. The third-order valence-corrected chi connectivity index (χ3v) is 4.94. The fourth-order valence-electron chi connectivity index (χ4n) is 2.11. The van der Waals surface area contributed by atoms with Crippen molar-refractivity contribution in [2.75, 3.05) is 0 Å². The molecule has 2 heterocycles. The highest BCUT2D eigenvalue weighted by Crippen LogP contribution is 2.29. The summed E-state index contributed by atoms with van der Waals surface area (Å²) >= 11 is 5.15. The van der Waals surface area contributed by atoms with Gasteiger partial charge in [0.15, 0.2) is 0 Å².